The smallest absolute Gasteiger partial charge is 0.333 e. The molecule has 39 heavy (non-hydrogen) atoms. The Kier molecular flexibility index (Phi) is 7.65. The molecule has 0 bridgehead atoms. The van der Waals surface area contributed by atoms with Gasteiger partial charge in [0.15, 0.2) is 17.0 Å². The summed E-state index contributed by atoms with van der Waals surface area (Å²) < 4.78 is 39.2. The zero-order valence-corrected chi connectivity index (χ0v) is 21.2. The number of nitrogens with one attached hydrogen (secondary N) is 2. The lowest BCUT2D eigenvalue weighted by atomic mass is 10.2. The minimum Gasteiger partial charge on any atom is -0.378 e. The first-order valence-electron chi connectivity index (χ1n) is 12.3. The van der Waals surface area contributed by atoms with Crippen LogP contribution in [0.3, 0.4) is 0 Å². The monoisotopic (exact) mass is 546 g/mol. The van der Waals surface area contributed by atoms with Gasteiger partial charge in [0.05, 0.1) is 50.0 Å². The molecule has 16 heteroatoms. The zero-order chi connectivity index (χ0) is 27.5. The normalized spacial score (nSPS) is 19.6. The van der Waals surface area contributed by atoms with E-state index >= 15 is 0 Å². The van der Waals surface area contributed by atoms with Crippen molar-refractivity contribution >= 4 is 34.7 Å². The molecule has 2 saturated heterocycles. The van der Waals surface area contributed by atoms with Crippen molar-refractivity contribution in [1.29, 1.82) is 0 Å². The molecule has 0 aliphatic carbocycles. The van der Waals surface area contributed by atoms with Gasteiger partial charge in [-0.1, -0.05) is 6.58 Å². The van der Waals surface area contributed by atoms with E-state index in [0.717, 1.165) is 0 Å². The Morgan fingerprint density at radius 3 is 2.77 bits per heavy atom. The quantitative estimate of drug-likeness (QED) is 0.357. The SMILES string of the molecule is C=CC(=O)N1C[C@@H](NC(=O)CNc2nc(N3CCOCC3)nc3c2ncn3-c2cnn(C(F)F)c2)[C@H](OC)C1. The molecule has 0 unspecified atom stereocenters. The molecule has 0 aromatic carbocycles. The number of carbonyl (C=O) groups is 2. The van der Waals surface area contributed by atoms with Crippen molar-refractivity contribution in [2.45, 2.75) is 18.7 Å². The molecule has 0 radical (unpaired) electrons. The second-order valence-corrected chi connectivity index (χ2v) is 8.96. The van der Waals surface area contributed by atoms with Gasteiger partial charge in [0, 0.05) is 33.3 Å². The minimum absolute atomic E-state index is 0.146. The molecule has 14 nitrogen and oxygen atoms in total. The van der Waals surface area contributed by atoms with Crippen LogP contribution in [0.1, 0.15) is 6.55 Å². The van der Waals surface area contributed by atoms with E-state index in [9.17, 15) is 18.4 Å². The van der Waals surface area contributed by atoms with Gasteiger partial charge in [0.25, 0.3) is 0 Å². The number of anilines is 2. The summed E-state index contributed by atoms with van der Waals surface area (Å²) in [6.45, 7) is 3.32. The molecule has 2 N–H and O–H groups in total. The molecule has 2 aliphatic heterocycles. The summed E-state index contributed by atoms with van der Waals surface area (Å²) >= 11 is 0. The Bertz CT molecular complexity index is 1360. The van der Waals surface area contributed by atoms with Gasteiger partial charge < -0.3 is 29.9 Å². The molecule has 2 aliphatic rings. The number of imidazole rings is 1. The first kappa shape index (κ1) is 26.4. The summed E-state index contributed by atoms with van der Waals surface area (Å²) in [5.41, 5.74) is 1.05. The van der Waals surface area contributed by atoms with Crippen molar-refractivity contribution < 1.29 is 27.8 Å². The highest BCUT2D eigenvalue weighted by atomic mass is 19.3. The number of nitrogens with zero attached hydrogens (tertiary/aromatic N) is 8. The summed E-state index contributed by atoms with van der Waals surface area (Å²) in [6, 6.07) is -0.395. The number of methoxy groups -OCH3 is 1. The van der Waals surface area contributed by atoms with Gasteiger partial charge in [-0.25, -0.2) is 9.67 Å². The molecule has 5 rings (SSSR count). The average molecular weight is 547 g/mol. The van der Waals surface area contributed by atoms with E-state index in [0.29, 0.717) is 72.7 Å². The maximum Gasteiger partial charge on any atom is 0.333 e. The highest BCUT2D eigenvalue weighted by Gasteiger charge is 2.35. The van der Waals surface area contributed by atoms with Gasteiger partial charge in [-0.05, 0) is 6.08 Å². The van der Waals surface area contributed by atoms with Crippen LogP contribution in [0.25, 0.3) is 16.9 Å². The Balaban J connectivity index is 1.38. The molecule has 3 aromatic heterocycles. The van der Waals surface area contributed by atoms with E-state index in [1.807, 2.05) is 4.90 Å². The Morgan fingerprint density at radius 1 is 1.28 bits per heavy atom. The Morgan fingerprint density at radius 2 is 2.08 bits per heavy atom. The molecule has 0 spiro atoms. The van der Waals surface area contributed by atoms with Gasteiger partial charge in [-0.3, -0.25) is 14.2 Å². The first-order valence-corrected chi connectivity index (χ1v) is 12.3. The topological polar surface area (TPSA) is 145 Å². The van der Waals surface area contributed by atoms with Crippen LogP contribution >= 0.6 is 0 Å². The van der Waals surface area contributed by atoms with Gasteiger partial charge in [-0.2, -0.15) is 23.8 Å². The molecule has 2 fully saturated rings. The predicted molar refractivity (Wildman–Crippen MR) is 135 cm³/mol. The number of ether oxygens (including phenoxy) is 2. The van der Waals surface area contributed by atoms with Gasteiger partial charge in [0.1, 0.15) is 6.33 Å². The van der Waals surface area contributed by atoms with Crippen LogP contribution in [0.5, 0.6) is 0 Å². The van der Waals surface area contributed by atoms with Gasteiger partial charge >= 0.3 is 6.55 Å². The maximum atomic E-state index is 13.1. The van der Waals surface area contributed by atoms with E-state index < -0.39 is 12.6 Å². The van der Waals surface area contributed by atoms with Crippen LogP contribution in [-0.4, -0.2) is 111 Å². The lowest BCUT2D eigenvalue weighted by molar-refractivity contribution is -0.125. The number of aromatic nitrogens is 6. The summed E-state index contributed by atoms with van der Waals surface area (Å²) in [6.07, 6.45) is 4.78. The molecule has 3 aromatic rings. The summed E-state index contributed by atoms with van der Waals surface area (Å²) in [5, 5.41) is 9.62. The molecule has 5 heterocycles. The van der Waals surface area contributed by atoms with Crippen LogP contribution in [0.2, 0.25) is 0 Å². The molecule has 208 valence electrons. The van der Waals surface area contributed by atoms with Crippen molar-refractivity contribution in [3.8, 4) is 5.69 Å². The predicted octanol–water partition coefficient (Wildman–Crippen LogP) is 0.184. The van der Waals surface area contributed by atoms with Crippen molar-refractivity contribution in [3.63, 3.8) is 0 Å². The molecule has 2 amide bonds. The number of amides is 2. The number of hydrogen-bond acceptors (Lipinski definition) is 10. The zero-order valence-electron chi connectivity index (χ0n) is 21.2. The van der Waals surface area contributed by atoms with Crippen LogP contribution < -0.4 is 15.5 Å². The fourth-order valence-electron chi connectivity index (χ4n) is 4.55. The maximum absolute atomic E-state index is 13.1. The number of rotatable bonds is 9. The molecular weight excluding hydrogens is 518 g/mol. The molecule has 0 saturated carbocycles. The van der Waals surface area contributed by atoms with Crippen LogP contribution in [-0.2, 0) is 19.1 Å². The fraction of sp³-hybridized carbons (Fsp3) is 0.478. The first-order chi connectivity index (χ1) is 18.9. The number of alkyl halides is 2. The summed E-state index contributed by atoms with van der Waals surface area (Å²) in [4.78, 5) is 42.0. The van der Waals surface area contributed by atoms with Crippen molar-refractivity contribution in [2.75, 3.05) is 63.3 Å². The van der Waals surface area contributed by atoms with Crippen LogP contribution in [0.15, 0.2) is 31.4 Å². The van der Waals surface area contributed by atoms with Crippen molar-refractivity contribution in [1.82, 2.24) is 39.5 Å². The standard InChI is InChI=1S/C23H28F2N10O4/c1-3-18(37)33-11-15(16(12-33)38-2)29-17(36)9-26-20-19-21(31-23(30-20)32-4-6-39-7-5-32)34(13-27-19)14-8-28-35(10-14)22(24)25/h3,8,10,13,15-16,22H,1,4-7,9,11-12H2,2H3,(H,29,36)(H,26,30,31)/t15-,16-/m1/s1. The largest absolute Gasteiger partial charge is 0.378 e. The lowest BCUT2D eigenvalue weighted by Crippen LogP contribution is -2.45. The number of fused-ring (bicyclic) bond motifs is 1. The second kappa shape index (κ2) is 11.3. The van der Waals surface area contributed by atoms with Crippen LogP contribution in [0.4, 0.5) is 20.5 Å². The number of likely N-dealkylation sites (tertiary alicyclic amines) is 1. The Labute approximate surface area is 221 Å². The highest BCUT2D eigenvalue weighted by Crippen LogP contribution is 2.26. The third-order valence-corrected chi connectivity index (χ3v) is 6.56. The van der Waals surface area contributed by atoms with Gasteiger partial charge in [0.2, 0.25) is 17.8 Å². The summed E-state index contributed by atoms with van der Waals surface area (Å²) in [7, 11) is 1.52. The average Bonchev–Trinajstić information content (AvgIpc) is 3.70. The second-order valence-electron chi connectivity index (χ2n) is 8.96. The molecular formula is C23H28F2N10O4. The van der Waals surface area contributed by atoms with Crippen LogP contribution in [0, 0.1) is 0 Å². The highest BCUT2D eigenvalue weighted by molar-refractivity contribution is 5.89. The van der Waals surface area contributed by atoms with E-state index in [2.05, 4.69) is 37.3 Å². The van der Waals surface area contributed by atoms with Crippen molar-refractivity contribution in [3.05, 3.63) is 31.4 Å². The lowest BCUT2D eigenvalue weighted by Gasteiger charge is -2.27. The van der Waals surface area contributed by atoms with E-state index in [1.54, 1.807) is 4.90 Å². The van der Waals surface area contributed by atoms with E-state index in [1.165, 1.54) is 36.5 Å². The van der Waals surface area contributed by atoms with E-state index in [-0.39, 0.29) is 24.5 Å². The molecule has 2 atom stereocenters. The number of morpholine rings is 1. The third kappa shape index (κ3) is 5.51. The summed E-state index contributed by atoms with van der Waals surface area (Å²) in [5.74, 6) is 0.105. The number of hydrogen-bond donors (Lipinski definition) is 2. The van der Waals surface area contributed by atoms with Crippen molar-refractivity contribution in [2.24, 2.45) is 0 Å². The number of halogens is 2. The van der Waals surface area contributed by atoms with Gasteiger partial charge in [-0.15, -0.1) is 0 Å². The number of carbonyl (C=O) groups excluding carboxylic acids is 2. The fourth-order valence-corrected chi connectivity index (χ4v) is 4.55. The Hall–Kier alpha value is -4.18. The third-order valence-electron chi connectivity index (χ3n) is 6.56. The minimum atomic E-state index is -2.79. The van der Waals surface area contributed by atoms with E-state index in [4.69, 9.17) is 9.47 Å².